The Balaban J connectivity index is 2.05. The predicted molar refractivity (Wildman–Crippen MR) is 105 cm³/mol. The molecule has 26 heavy (non-hydrogen) atoms. The molecular weight excluding hydrogens is 324 g/mol. The molecule has 3 aromatic rings. The fraction of sp³-hybridized carbons (Fsp3) is 0.261. The van der Waals surface area contributed by atoms with E-state index in [4.69, 9.17) is 9.47 Å². The van der Waals surface area contributed by atoms with E-state index in [1.165, 1.54) is 0 Å². The van der Waals surface area contributed by atoms with Crippen LogP contribution in [0.15, 0.2) is 66.7 Å². The van der Waals surface area contributed by atoms with Crippen LogP contribution >= 0.6 is 0 Å². The van der Waals surface area contributed by atoms with Crippen LogP contribution in [0.5, 0.6) is 5.75 Å². The predicted octanol–water partition coefficient (Wildman–Crippen LogP) is 4.91. The molecule has 0 heterocycles. The van der Waals surface area contributed by atoms with Crippen LogP contribution in [0.3, 0.4) is 0 Å². The van der Waals surface area contributed by atoms with Gasteiger partial charge in [0.1, 0.15) is 5.75 Å². The van der Waals surface area contributed by atoms with Crippen molar-refractivity contribution in [3.8, 4) is 5.75 Å². The first-order valence-electron chi connectivity index (χ1n) is 8.86. The average Bonchev–Trinajstić information content (AvgIpc) is 2.68. The lowest BCUT2D eigenvalue weighted by Crippen LogP contribution is -2.36. The van der Waals surface area contributed by atoms with E-state index in [0.717, 1.165) is 27.6 Å². The zero-order valence-electron chi connectivity index (χ0n) is 15.5. The molecule has 0 spiro atoms. The number of hydrogen-bond donors (Lipinski definition) is 0. The van der Waals surface area contributed by atoms with Crippen LogP contribution in [0.25, 0.3) is 10.8 Å². The van der Waals surface area contributed by atoms with E-state index in [1.54, 1.807) is 7.11 Å². The van der Waals surface area contributed by atoms with E-state index < -0.39 is 5.41 Å². The van der Waals surface area contributed by atoms with Gasteiger partial charge in [-0.05, 0) is 60.4 Å². The first kappa shape index (κ1) is 18.0. The first-order chi connectivity index (χ1) is 12.6. The molecule has 0 N–H and O–H groups in total. The molecule has 0 fully saturated rings. The smallest absolute Gasteiger partial charge is 0.316 e. The summed E-state index contributed by atoms with van der Waals surface area (Å²) in [5.41, 5.74) is 1.32. The van der Waals surface area contributed by atoms with Gasteiger partial charge in [0.2, 0.25) is 0 Å². The highest BCUT2D eigenvalue weighted by Crippen LogP contribution is 2.33. The highest BCUT2D eigenvalue weighted by molar-refractivity contribution is 5.89. The van der Waals surface area contributed by atoms with Gasteiger partial charge in [0, 0.05) is 0 Å². The molecular formula is C23H24O3. The van der Waals surface area contributed by atoms with Crippen molar-refractivity contribution in [3.05, 3.63) is 77.9 Å². The van der Waals surface area contributed by atoms with Gasteiger partial charge in [0.05, 0.1) is 19.1 Å². The highest BCUT2D eigenvalue weighted by atomic mass is 16.5. The second-order valence-corrected chi connectivity index (χ2v) is 6.64. The van der Waals surface area contributed by atoms with Crippen molar-refractivity contribution in [3.63, 3.8) is 0 Å². The zero-order valence-corrected chi connectivity index (χ0v) is 15.5. The van der Waals surface area contributed by atoms with E-state index in [2.05, 4.69) is 6.07 Å². The Kier molecular flexibility index (Phi) is 5.27. The van der Waals surface area contributed by atoms with Crippen molar-refractivity contribution in [2.24, 2.45) is 0 Å². The number of methoxy groups -OCH3 is 1. The molecule has 1 atom stereocenters. The number of benzene rings is 3. The van der Waals surface area contributed by atoms with Crippen molar-refractivity contribution < 1.29 is 14.3 Å². The quantitative estimate of drug-likeness (QED) is 0.594. The number of hydrogen-bond acceptors (Lipinski definition) is 3. The molecule has 0 amide bonds. The molecule has 3 rings (SSSR count). The van der Waals surface area contributed by atoms with E-state index >= 15 is 0 Å². The van der Waals surface area contributed by atoms with Crippen LogP contribution in [0, 0.1) is 0 Å². The molecule has 134 valence electrons. The molecule has 0 aromatic heterocycles. The minimum absolute atomic E-state index is 0.197. The van der Waals surface area contributed by atoms with Crippen LogP contribution in [0.1, 0.15) is 25.0 Å². The lowest BCUT2D eigenvalue weighted by Gasteiger charge is -2.28. The Hall–Kier alpha value is -2.81. The maximum atomic E-state index is 12.9. The number of ether oxygens (including phenoxy) is 2. The summed E-state index contributed by atoms with van der Waals surface area (Å²) in [7, 11) is 1.66. The zero-order chi connectivity index (χ0) is 18.6. The first-order valence-corrected chi connectivity index (χ1v) is 8.86. The van der Waals surface area contributed by atoms with Gasteiger partial charge in [-0.25, -0.2) is 0 Å². The van der Waals surface area contributed by atoms with Crippen molar-refractivity contribution in [1.29, 1.82) is 0 Å². The lowest BCUT2D eigenvalue weighted by molar-refractivity contribution is -0.149. The number of rotatable bonds is 6. The average molecular weight is 348 g/mol. The molecule has 0 bridgehead atoms. The van der Waals surface area contributed by atoms with E-state index in [1.807, 2.05) is 74.5 Å². The van der Waals surface area contributed by atoms with E-state index in [9.17, 15) is 4.79 Å². The lowest BCUT2D eigenvalue weighted by atomic mass is 9.76. The van der Waals surface area contributed by atoms with Gasteiger partial charge in [0.25, 0.3) is 0 Å². The Morgan fingerprint density at radius 3 is 2.35 bits per heavy atom. The standard InChI is InChI=1S/C23H24O3/c1-4-26-22(24)23(2,16-17-8-6-5-7-9-17)20-12-10-19-15-21(25-3)13-11-18(19)14-20/h5-15H,4,16H2,1-3H3/t23-/m1/s1. The van der Waals surface area contributed by atoms with E-state index in [-0.39, 0.29) is 5.97 Å². The van der Waals surface area contributed by atoms with Gasteiger partial charge < -0.3 is 9.47 Å². The largest absolute Gasteiger partial charge is 0.497 e. The number of esters is 1. The van der Waals surface area contributed by atoms with Gasteiger partial charge in [-0.3, -0.25) is 4.79 Å². The second kappa shape index (κ2) is 7.61. The Labute approximate surface area is 154 Å². The molecule has 0 saturated heterocycles. The number of carbonyl (C=O) groups excluding carboxylic acids is 1. The summed E-state index contributed by atoms with van der Waals surface area (Å²) in [4.78, 5) is 12.9. The number of carbonyl (C=O) groups is 1. The minimum atomic E-state index is -0.745. The van der Waals surface area contributed by atoms with Crippen LogP contribution in [-0.4, -0.2) is 19.7 Å². The van der Waals surface area contributed by atoms with Gasteiger partial charge in [-0.1, -0.05) is 48.5 Å². The molecule has 0 unspecified atom stereocenters. The molecule has 0 aliphatic rings. The van der Waals surface area contributed by atoms with Crippen molar-refractivity contribution in [2.45, 2.75) is 25.7 Å². The maximum absolute atomic E-state index is 12.9. The molecule has 0 aliphatic carbocycles. The summed E-state index contributed by atoms with van der Waals surface area (Å²) in [5.74, 6) is 0.624. The fourth-order valence-electron chi connectivity index (χ4n) is 3.28. The number of fused-ring (bicyclic) bond motifs is 1. The third-order valence-electron chi connectivity index (χ3n) is 4.81. The summed E-state index contributed by atoms with van der Waals surface area (Å²) in [5, 5.41) is 2.16. The molecule has 3 heteroatoms. The highest BCUT2D eigenvalue weighted by Gasteiger charge is 2.37. The summed E-state index contributed by atoms with van der Waals surface area (Å²) in [6.45, 7) is 4.17. The topological polar surface area (TPSA) is 35.5 Å². The summed E-state index contributed by atoms with van der Waals surface area (Å²) < 4.78 is 10.7. The molecule has 0 radical (unpaired) electrons. The van der Waals surface area contributed by atoms with Crippen LogP contribution in [-0.2, 0) is 21.4 Å². The Morgan fingerprint density at radius 2 is 1.65 bits per heavy atom. The SMILES string of the molecule is CCOC(=O)[C@](C)(Cc1ccccc1)c1ccc2cc(OC)ccc2c1. The summed E-state index contributed by atoms with van der Waals surface area (Å²) in [6, 6.07) is 22.1. The van der Waals surface area contributed by atoms with E-state index in [0.29, 0.717) is 13.0 Å². The molecule has 3 nitrogen and oxygen atoms in total. The summed E-state index contributed by atoms with van der Waals surface area (Å²) >= 11 is 0. The Morgan fingerprint density at radius 1 is 0.962 bits per heavy atom. The van der Waals surface area contributed by atoms with Crippen molar-refractivity contribution >= 4 is 16.7 Å². The second-order valence-electron chi connectivity index (χ2n) is 6.64. The molecule has 3 aromatic carbocycles. The van der Waals surface area contributed by atoms with Gasteiger partial charge >= 0.3 is 5.97 Å². The Bertz CT molecular complexity index is 902. The maximum Gasteiger partial charge on any atom is 0.316 e. The monoisotopic (exact) mass is 348 g/mol. The normalized spacial score (nSPS) is 13.2. The third kappa shape index (κ3) is 3.57. The van der Waals surface area contributed by atoms with Crippen molar-refractivity contribution in [2.75, 3.05) is 13.7 Å². The third-order valence-corrected chi connectivity index (χ3v) is 4.81. The minimum Gasteiger partial charge on any atom is -0.497 e. The molecule has 0 saturated carbocycles. The fourth-order valence-corrected chi connectivity index (χ4v) is 3.28. The van der Waals surface area contributed by atoms with Gasteiger partial charge in [0.15, 0.2) is 0 Å². The van der Waals surface area contributed by atoms with Gasteiger partial charge in [-0.2, -0.15) is 0 Å². The molecule has 0 aliphatic heterocycles. The summed E-state index contributed by atoms with van der Waals surface area (Å²) in [6.07, 6.45) is 0.592. The van der Waals surface area contributed by atoms with Crippen LogP contribution in [0.2, 0.25) is 0 Å². The van der Waals surface area contributed by atoms with Crippen LogP contribution in [0.4, 0.5) is 0 Å². The van der Waals surface area contributed by atoms with Gasteiger partial charge in [-0.15, -0.1) is 0 Å². The van der Waals surface area contributed by atoms with Crippen LogP contribution < -0.4 is 4.74 Å². The van der Waals surface area contributed by atoms with Crippen molar-refractivity contribution in [1.82, 2.24) is 0 Å².